The van der Waals surface area contributed by atoms with Crippen molar-refractivity contribution in [2.45, 2.75) is 25.3 Å². The van der Waals surface area contributed by atoms with E-state index in [9.17, 15) is 14.4 Å². The Morgan fingerprint density at radius 2 is 2.12 bits per heavy atom. The molecular weight excluding hydrogens is 226 g/mol. The van der Waals surface area contributed by atoms with E-state index in [2.05, 4.69) is 5.32 Å². The summed E-state index contributed by atoms with van der Waals surface area (Å²) < 4.78 is 0. The van der Waals surface area contributed by atoms with Gasteiger partial charge in [0, 0.05) is 6.54 Å². The first-order valence-corrected chi connectivity index (χ1v) is 5.42. The lowest BCUT2D eigenvalue weighted by molar-refractivity contribution is -0.144. The number of carboxylic acid groups (broad SMARTS) is 1. The van der Waals surface area contributed by atoms with Crippen LogP contribution in [0.3, 0.4) is 0 Å². The molecule has 1 aliphatic rings. The van der Waals surface area contributed by atoms with Gasteiger partial charge in [-0.2, -0.15) is 0 Å². The first-order chi connectivity index (χ1) is 7.91. The smallest absolute Gasteiger partial charge is 0.322 e. The quantitative estimate of drug-likeness (QED) is 0.557. The Morgan fingerprint density at radius 3 is 2.65 bits per heavy atom. The number of likely N-dealkylation sites (tertiary alicyclic amines) is 1. The summed E-state index contributed by atoms with van der Waals surface area (Å²) in [6, 6.07) is 0. The third-order valence-electron chi connectivity index (χ3n) is 3.01. The maximum atomic E-state index is 11.9. The Morgan fingerprint density at radius 1 is 1.47 bits per heavy atom. The van der Waals surface area contributed by atoms with E-state index in [0.717, 1.165) is 0 Å². The van der Waals surface area contributed by atoms with Gasteiger partial charge in [0.15, 0.2) is 0 Å². The predicted molar refractivity (Wildman–Crippen MR) is 59.1 cm³/mol. The molecule has 1 rings (SSSR count). The molecule has 1 heterocycles. The summed E-state index contributed by atoms with van der Waals surface area (Å²) in [5, 5.41) is 10.8. The van der Waals surface area contributed by atoms with Crippen molar-refractivity contribution < 1.29 is 19.5 Å². The van der Waals surface area contributed by atoms with E-state index in [-0.39, 0.29) is 12.5 Å². The number of aliphatic carboxylic acids is 1. The molecule has 0 aliphatic carbocycles. The molecule has 0 aromatic heterocycles. The van der Waals surface area contributed by atoms with Crippen LogP contribution in [0.25, 0.3) is 0 Å². The maximum absolute atomic E-state index is 11.9. The molecule has 1 aliphatic heterocycles. The number of nitrogens with zero attached hydrogens (tertiary/aromatic N) is 1. The lowest BCUT2D eigenvalue weighted by Gasteiger charge is -2.33. The fourth-order valence-corrected chi connectivity index (χ4v) is 2.06. The van der Waals surface area contributed by atoms with Gasteiger partial charge in [-0.3, -0.25) is 14.4 Å². The zero-order valence-electron chi connectivity index (χ0n) is 9.73. The molecule has 0 aromatic rings. The average Bonchev–Trinajstić information content (AvgIpc) is 2.68. The number of rotatable bonds is 4. The van der Waals surface area contributed by atoms with E-state index in [4.69, 9.17) is 10.8 Å². The first-order valence-electron chi connectivity index (χ1n) is 5.42. The first kappa shape index (κ1) is 13.4. The Kier molecular flexibility index (Phi) is 4.06. The Hall–Kier alpha value is -1.63. The van der Waals surface area contributed by atoms with Gasteiger partial charge in [0.25, 0.3) is 0 Å². The third-order valence-corrected chi connectivity index (χ3v) is 3.01. The second kappa shape index (κ2) is 5.13. The van der Waals surface area contributed by atoms with Crippen molar-refractivity contribution in [3.8, 4) is 0 Å². The summed E-state index contributed by atoms with van der Waals surface area (Å²) in [6.07, 6.45) is 1.23. The van der Waals surface area contributed by atoms with Crippen LogP contribution in [0, 0.1) is 0 Å². The van der Waals surface area contributed by atoms with Crippen molar-refractivity contribution >= 4 is 17.8 Å². The largest absolute Gasteiger partial charge is 0.480 e. The summed E-state index contributed by atoms with van der Waals surface area (Å²) in [6.45, 7) is 1.51. The molecule has 0 unspecified atom stereocenters. The second-order valence-electron chi connectivity index (χ2n) is 4.20. The molecular formula is C10H17N3O4. The summed E-state index contributed by atoms with van der Waals surface area (Å²) in [5.74, 6) is -1.86. The highest BCUT2D eigenvalue weighted by Gasteiger charge is 2.45. The fourth-order valence-electron chi connectivity index (χ4n) is 2.06. The van der Waals surface area contributed by atoms with Gasteiger partial charge < -0.3 is 21.1 Å². The van der Waals surface area contributed by atoms with Gasteiger partial charge in [0.1, 0.15) is 12.1 Å². The van der Waals surface area contributed by atoms with Gasteiger partial charge in [-0.25, -0.2) is 0 Å². The number of carbonyl (C=O) groups excluding carboxylic acids is 2. The number of amides is 2. The van der Waals surface area contributed by atoms with Crippen LogP contribution >= 0.6 is 0 Å². The number of nitrogens with one attached hydrogen (secondary N) is 1. The van der Waals surface area contributed by atoms with Crippen molar-refractivity contribution in [2.75, 3.05) is 19.6 Å². The standard InChI is InChI=1S/C10H17N3O4/c1-10(9(17)12-6-8(15)16)3-2-4-13(10)7(14)5-11/h2-6,11H2,1H3,(H,12,17)(H,15,16)/t10-/m0/s1. The minimum Gasteiger partial charge on any atom is -0.480 e. The van der Waals surface area contributed by atoms with E-state index in [1.165, 1.54) is 4.90 Å². The van der Waals surface area contributed by atoms with Crippen molar-refractivity contribution in [3.05, 3.63) is 0 Å². The summed E-state index contributed by atoms with van der Waals surface area (Å²) >= 11 is 0. The minimum absolute atomic E-state index is 0.151. The van der Waals surface area contributed by atoms with Gasteiger partial charge in [-0.05, 0) is 19.8 Å². The van der Waals surface area contributed by atoms with Gasteiger partial charge >= 0.3 is 5.97 Å². The SMILES string of the molecule is C[C@@]1(C(=O)NCC(=O)O)CCCN1C(=O)CN. The average molecular weight is 243 g/mol. The zero-order chi connectivity index (χ0) is 13.1. The minimum atomic E-state index is -1.11. The number of hydrogen-bond donors (Lipinski definition) is 3. The fraction of sp³-hybridized carbons (Fsp3) is 0.700. The van der Waals surface area contributed by atoms with Gasteiger partial charge in [0.2, 0.25) is 11.8 Å². The highest BCUT2D eigenvalue weighted by atomic mass is 16.4. The van der Waals surface area contributed by atoms with Crippen LogP contribution in [0.4, 0.5) is 0 Å². The predicted octanol–water partition coefficient (Wildman–Crippen LogP) is -1.47. The normalized spacial score (nSPS) is 23.5. The molecule has 0 saturated carbocycles. The lowest BCUT2D eigenvalue weighted by atomic mass is 9.97. The Bertz CT molecular complexity index is 344. The monoisotopic (exact) mass is 243 g/mol. The molecule has 0 spiro atoms. The zero-order valence-corrected chi connectivity index (χ0v) is 9.73. The highest BCUT2D eigenvalue weighted by Crippen LogP contribution is 2.29. The van der Waals surface area contributed by atoms with Crippen molar-refractivity contribution in [1.29, 1.82) is 0 Å². The van der Waals surface area contributed by atoms with Crippen LogP contribution in [-0.2, 0) is 14.4 Å². The molecule has 96 valence electrons. The lowest BCUT2D eigenvalue weighted by Crippen LogP contribution is -2.57. The molecule has 0 aromatic carbocycles. The topological polar surface area (TPSA) is 113 Å². The molecule has 1 atom stereocenters. The van der Waals surface area contributed by atoms with E-state index in [0.29, 0.717) is 19.4 Å². The highest BCUT2D eigenvalue weighted by molar-refractivity contribution is 5.93. The van der Waals surface area contributed by atoms with Gasteiger partial charge in [0.05, 0.1) is 6.54 Å². The number of carboxylic acids is 1. The van der Waals surface area contributed by atoms with Gasteiger partial charge in [-0.1, -0.05) is 0 Å². The maximum Gasteiger partial charge on any atom is 0.322 e. The van der Waals surface area contributed by atoms with E-state index >= 15 is 0 Å². The molecule has 1 saturated heterocycles. The van der Waals surface area contributed by atoms with Crippen LogP contribution in [0.5, 0.6) is 0 Å². The van der Waals surface area contributed by atoms with Crippen molar-refractivity contribution in [2.24, 2.45) is 5.73 Å². The molecule has 2 amide bonds. The third kappa shape index (κ3) is 2.73. The van der Waals surface area contributed by atoms with E-state index in [1.54, 1.807) is 6.92 Å². The summed E-state index contributed by atoms with van der Waals surface area (Å²) in [5.41, 5.74) is 4.30. The molecule has 0 radical (unpaired) electrons. The summed E-state index contributed by atoms with van der Waals surface area (Å²) in [4.78, 5) is 35.3. The molecule has 17 heavy (non-hydrogen) atoms. The molecule has 0 bridgehead atoms. The van der Waals surface area contributed by atoms with Crippen LogP contribution in [0.15, 0.2) is 0 Å². The molecule has 1 fully saturated rings. The van der Waals surface area contributed by atoms with Crippen LogP contribution < -0.4 is 11.1 Å². The molecule has 4 N–H and O–H groups in total. The van der Waals surface area contributed by atoms with Gasteiger partial charge in [-0.15, -0.1) is 0 Å². The number of nitrogens with two attached hydrogens (primary N) is 1. The van der Waals surface area contributed by atoms with Crippen LogP contribution in [-0.4, -0.2) is 53.0 Å². The Balaban J connectivity index is 2.74. The molecule has 7 nitrogen and oxygen atoms in total. The number of hydrogen-bond acceptors (Lipinski definition) is 4. The van der Waals surface area contributed by atoms with Crippen molar-refractivity contribution in [3.63, 3.8) is 0 Å². The summed E-state index contributed by atoms with van der Waals surface area (Å²) in [7, 11) is 0. The second-order valence-corrected chi connectivity index (χ2v) is 4.20. The van der Waals surface area contributed by atoms with E-state index < -0.39 is 24.0 Å². The van der Waals surface area contributed by atoms with E-state index in [1.807, 2.05) is 0 Å². The van der Waals surface area contributed by atoms with Crippen LogP contribution in [0.2, 0.25) is 0 Å². The van der Waals surface area contributed by atoms with Crippen molar-refractivity contribution in [1.82, 2.24) is 10.2 Å². The Labute approximate surface area is 98.9 Å². The molecule has 7 heteroatoms. The number of carbonyl (C=O) groups is 3. The van der Waals surface area contributed by atoms with Crippen LogP contribution in [0.1, 0.15) is 19.8 Å².